The fourth-order valence-electron chi connectivity index (χ4n) is 3.70. The van der Waals surface area contributed by atoms with Crippen molar-refractivity contribution in [2.24, 2.45) is 0 Å². The molecule has 142 valence electrons. The lowest BCUT2D eigenvalue weighted by Crippen LogP contribution is -2.47. The van der Waals surface area contributed by atoms with Crippen LogP contribution in [0.2, 0.25) is 0 Å². The lowest BCUT2D eigenvalue weighted by molar-refractivity contribution is -0.0670. The van der Waals surface area contributed by atoms with Crippen molar-refractivity contribution < 1.29 is 4.74 Å². The van der Waals surface area contributed by atoms with Crippen LogP contribution in [0.15, 0.2) is 42.7 Å². The molecule has 0 amide bonds. The van der Waals surface area contributed by atoms with Crippen LogP contribution in [0.25, 0.3) is 17.0 Å². The highest BCUT2D eigenvalue weighted by Crippen LogP contribution is 2.23. The maximum atomic E-state index is 5.83. The van der Waals surface area contributed by atoms with E-state index in [4.69, 9.17) is 4.74 Å². The predicted molar refractivity (Wildman–Crippen MR) is 106 cm³/mol. The molecule has 1 aliphatic heterocycles. The molecule has 3 aromatic rings. The SMILES string of the molecule is C[C@@H]1CN(CCN(C)c2cc(-c3ccccc3)nc3ncnn23)C[C@H](C)O1. The van der Waals surface area contributed by atoms with Crippen molar-refractivity contribution >= 4 is 11.6 Å². The van der Waals surface area contributed by atoms with Gasteiger partial charge in [0.25, 0.3) is 5.78 Å². The molecular formula is C20H26N6O. The second-order valence-corrected chi connectivity index (χ2v) is 7.28. The molecule has 0 aliphatic carbocycles. The fourth-order valence-corrected chi connectivity index (χ4v) is 3.70. The van der Waals surface area contributed by atoms with Gasteiger partial charge in [0.2, 0.25) is 0 Å². The Balaban J connectivity index is 1.56. The Morgan fingerprint density at radius 3 is 2.63 bits per heavy atom. The third-order valence-corrected chi connectivity index (χ3v) is 4.94. The molecule has 0 saturated carbocycles. The summed E-state index contributed by atoms with van der Waals surface area (Å²) in [5.41, 5.74) is 1.99. The van der Waals surface area contributed by atoms with Gasteiger partial charge >= 0.3 is 0 Å². The van der Waals surface area contributed by atoms with Crippen LogP contribution in [0.4, 0.5) is 5.82 Å². The summed E-state index contributed by atoms with van der Waals surface area (Å²) in [7, 11) is 2.10. The van der Waals surface area contributed by atoms with E-state index in [0.717, 1.165) is 43.3 Å². The number of likely N-dealkylation sites (N-methyl/N-ethyl adjacent to an activating group) is 1. The minimum absolute atomic E-state index is 0.284. The Morgan fingerprint density at radius 2 is 1.89 bits per heavy atom. The number of anilines is 1. The first-order chi connectivity index (χ1) is 13.1. The van der Waals surface area contributed by atoms with Crippen LogP contribution in [-0.4, -0.2) is 69.9 Å². The van der Waals surface area contributed by atoms with Crippen LogP contribution in [0.1, 0.15) is 13.8 Å². The highest BCUT2D eigenvalue weighted by Gasteiger charge is 2.22. The van der Waals surface area contributed by atoms with Gasteiger partial charge in [-0.25, -0.2) is 4.98 Å². The van der Waals surface area contributed by atoms with Crippen LogP contribution in [-0.2, 0) is 4.74 Å². The van der Waals surface area contributed by atoms with Crippen molar-refractivity contribution in [1.82, 2.24) is 24.5 Å². The van der Waals surface area contributed by atoms with Gasteiger partial charge < -0.3 is 9.64 Å². The van der Waals surface area contributed by atoms with E-state index in [1.807, 2.05) is 18.2 Å². The van der Waals surface area contributed by atoms with Gasteiger partial charge in [-0.3, -0.25) is 4.90 Å². The van der Waals surface area contributed by atoms with Gasteiger partial charge in [0.15, 0.2) is 0 Å². The Labute approximate surface area is 159 Å². The van der Waals surface area contributed by atoms with E-state index < -0.39 is 0 Å². The van der Waals surface area contributed by atoms with E-state index in [1.165, 1.54) is 0 Å². The molecule has 0 N–H and O–H groups in total. The number of rotatable bonds is 5. The summed E-state index contributed by atoms with van der Waals surface area (Å²) in [6.07, 6.45) is 2.12. The molecule has 7 nitrogen and oxygen atoms in total. The molecule has 2 atom stereocenters. The van der Waals surface area contributed by atoms with Gasteiger partial charge in [0, 0.05) is 44.9 Å². The van der Waals surface area contributed by atoms with Crippen molar-refractivity contribution in [2.75, 3.05) is 38.1 Å². The molecule has 2 aromatic heterocycles. The molecule has 0 bridgehead atoms. The molecule has 0 spiro atoms. The van der Waals surface area contributed by atoms with E-state index in [-0.39, 0.29) is 12.2 Å². The van der Waals surface area contributed by atoms with Gasteiger partial charge in [-0.1, -0.05) is 30.3 Å². The smallest absolute Gasteiger partial charge is 0.254 e. The third-order valence-electron chi connectivity index (χ3n) is 4.94. The monoisotopic (exact) mass is 366 g/mol. The fraction of sp³-hybridized carbons (Fsp3) is 0.450. The minimum Gasteiger partial charge on any atom is -0.373 e. The zero-order valence-corrected chi connectivity index (χ0v) is 16.1. The number of hydrogen-bond donors (Lipinski definition) is 0. The molecule has 7 heteroatoms. The Bertz CT molecular complexity index is 886. The van der Waals surface area contributed by atoms with E-state index in [2.05, 4.69) is 64.0 Å². The number of ether oxygens (including phenoxy) is 1. The van der Waals surface area contributed by atoms with Crippen LogP contribution in [0, 0.1) is 0 Å². The molecule has 3 heterocycles. The predicted octanol–water partition coefficient (Wildman–Crippen LogP) is 2.34. The maximum Gasteiger partial charge on any atom is 0.254 e. The number of nitrogens with zero attached hydrogens (tertiary/aromatic N) is 6. The summed E-state index contributed by atoms with van der Waals surface area (Å²) in [5, 5.41) is 4.36. The lowest BCUT2D eigenvalue weighted by Gasteiger charge is -2.36. The molecule has 1 fully saturated rings. The molecule has 4 rings (SSSR count). The first-order valence-corrected chi connectivity index (χ1v) is 9.45. The lowest BCUT2D eigenvalue weighted by atomic mass is 10.1. The average molecular weight is 366 g/mol. The van der Waals surface area contributed by atoms with Crippen molar-refractivity contribution in [3.8, 4) is 11.3 Å². The first kappa shape index (κ1) is 17.9. The van der Waals surface area contributed by atoms with Crippen LogP contribution >= 0.6 is 0 Å². The Kier molecular flexibility index (Phi) is 5.05. The quantitative estimate of drug-likeness (QED) is 0.691. The number of benzene rings is 1. The Morgan fingerprint density at radius 1 is 1.15 bits per heavy atom. The molecular weight excluding hydrogens is 340 g/mol. The van der Waals surface area contributed by atoms with E-state index in [9.17, 15) is 0 Å². The van der Waals surface area contributed by atoms with Gasteiger partial charge in [-0.2, -0.15) is 14.6 Å². The second kappa shape index (κ2) is 7.62. The van der Waals surface area contributed by atoms with Crippen LogP contribution in [0.5, 0.6) is 0 Å². The average Bonchev–Trinajstić information content (AvgIpc) is 3.14. The molecule has 1 aliphatic rings. The topological polar surface area (TPSA) is 58.8 Å². The summed E-state index contributed by atoms with van der Waals surface area (Å²) in [6.45, 7) is 8.10. The third kappa shape index (κ3) is 3.94. The zero-order valence-electron chi connectivity index (χ0n) is 16.1. The van der Waals surface area contributed by atoms with Gasteiger partial charge in [0.1, 0.15) is 12.1 Å². The highest BCUT2D eigenvalue weighted by molar-refractivity contribution is 5.65. The summed E-state index contributed by atoms with van der Waals surface area (Å²) >= 11 is 0. The van der Waals surface area contributed by atoms with Crippen molar-refractivity contribution in [3.63, 3.8) is 0 Å². The molecule has 0 unspecified atom stereocenters. The summed E-state index contributed by atoms with van der Waals surface area (Å²) in [6, 6.07) is 12.3. The Hall–Kier alpha value is -2.51. The van der Waals surface area contributed by atoms with Gasteiger partial charge in [-0.05, 0) is 13.8 Å². The minimum atomic E-state index is 0.284. The summed E-state index contributed by atoms with van der Waals surface area (Å²) < 4.78 is 7.64. The van der Waals surface area contributed by atoms with E-state index in [0.29, 0.717) is 5.78 Å². The maximum absolute atomic E-state index is 5.83. The van der Waals surface area contributed by atoms with Crippen LogP contribution in [0.3, 0.4) is 0 Å². The van der Waals surface area contributed by atoms with Crippen molar-refractivity contribution in [2.45, 2.75) is 26.1 Å². The molecule has 0 radical (unpaired) electrons. The molecule has 27 heavy (non-hydrogen) atoms. The number of morpholine rings is 1. The highest BCUT2D eigenvalue weighted by atomic mass is 16.5. The van der Waals surface area contributed by atoms with Gasteiger partial charge in [-0.15, -0.1) is 0 Å². The van der Waals surface area contributed by atoms with Crippen molar-refractivity contribution in [1.29, 1.82) is 0 Å². The van der Waals surface area contributed by atoms with Crippen LogP contribution < -0.4 is 4.90 Å². The first-order valence-electron chi connectivity index (χ1n) is 9.45. The molecule has 1 aromatic carbocycles. The summed E-state index contributed by atoms with van der Waals surface area (Å²) in [5.74, 6) is 1.61. The number of fused-ring (bicyclic) bond motifs is 1. The normalized spacial score (nSPS) is 20.9. The standard InChI is InChI=1S/C20H26N6O/c1-15-12-25(13-16(2)27-15)10-9-24(3)19-11-18(17-7-5-4-6-8-17)23-20-21-14-22-26(19)20/h4-8,11,14-16H,9-10,12-13H2,1-3H3/t15-,16+. The largest absolute Gasteiger partial charge is 0.373 e. The number of aromatic nitrogens is 4. The summed E-state index contributed by atoms with van der Waals surface area (Å²) in [4.78, 5) is 13.6. The molecule has 1 saturated heterocycles. The van der Waals surface area contributed by atoms with E-state index >= 15 is 0 Å². The second-order valence-electron chi connectivity index (χ2n) is 7.28. The van der Waals surface area contributed by atoms with Gasteiger partial charge in [0.05, 0.1) is 17.9 Å². The number of hydrogen-bond acceptors (Lipinski definition) is 6. The van der Waals surface area contributed by atoms with Crippen molar-refractivity contribution in [3.05, 3.63) is 42.7 Å². The zero-order chi connectivity index (χ0) is 18.8. The van der Waals surface area contributed by atoms with E-state index in [1.54, 1.807) is 10.8 Å².